The second-order valence-corrected chi connectivity index (χ2v) is 10.0. The van der Waals surface area contributed by atoms with E-state index in [-0.39, 0.29) is 21.9 Å². The number of carbonyl (C=O) groups excluding carboxylic acids is 2. The monoisotopic (exact) mass is 516 g/mol. The van der Waals surface area contributed by atoms with Gasteiger partial charge in [-0.25, -0.2) is 0 Å². The number of aryl methyl sites for hydroxylation is 1. The lowest BCUT2D eigenvalue weighted by atomic mass is 10.1. The Balaban J connectivity index is 1.50. The largest absolute Gasteiger partial charge is 0.490 e. The fourth-order valence-electron chi connectivity index (χ4n) is 3.99. The molecule has 0 aliphatic heterocycles. The first-order valence-corrected chi connectivity index (χ1v) is 12.9. The van der Waals surface area contributed by atoms with Crippen molar-refractivity contribution in [2.24, 2.45) is 0 Å². The molecule has 3 aromatic rings. The molecule has 1 aliphatic rings. The van der Waals surface area contributed by atoms with E-state index in [0.29, 0.717) is 35.0 Å². The van der Waals surface area contributed by atoms with Crippen molar-refractivity contribution in [2.45, 2.75) is 39.0 Å². The van der Waals surface area contributed by atoms with Crippen LogP contribution in [-0.2, 0) is 19.3 Å². The third-order valence-electron chi connectivity index (χ3n) is 5.63. The molecule has 0 radical (unpaired) electrons. The number of halogens is 2. The number of thiophene rings is 1. The zero-order valence-electron chi connectivity index (χ0n) is 18.9. The highest BCUT2D eigenvalue weighted by atomic mass is 35.5. The molecule has 0 atom stereocenters. The van der Waals surface area contributed by atoms with Crippen LogP contribution in [0.1, 0.15) is 56.5 Å². The Hall–Kier alpha value is -2.54. The van der Waals surface area contributed by atoms with Crippen LogP contribution >= 0.6 is 34.5 Å². The number of amides is 2. The van der Waals surface area contributed by atoms with Crippen molar-refractivity contribution in [1.29, 1.82) is 0 Å². The third-order valence-corrected chi connectivity index (χ3v) is 7.40. The van der Waals surface area contributed by atoms with Crippen molar-refractivity contribution in [1.82, 2.24) is 5.32 Å². The average molecular weight is 517 g/mol. The molecule has 0 saturated carbocycles. The van der Waals surface area contributed by atoms with Crippen LogP contribution in [0.25, 0.3) is 0 Å². The van der Waals surface area contributed by atoms with Crippen molar-refractivity contribution < 1.29 is 14.3 Å². The lowest BCUT2D eigenvalue weighted by Gasteiger charge is -2.12. The summed E-state index contributed by atoms with van der Waals surface area (Å²) in [6.07, 6.45) is 4.33. The first kappa shape index (κ1) is 24.6. The van der Waals surface area contributed by atoms with Gasteiger partial charge in [-0.1, -0.05) is 60.5 Å². The third kappa shape index (κ3) is 5.57. The maximum absolute atomic E-state index is 13.1. The Labute approximate surface area is 213 Å². The highest BCUT2D eigenvalue weighted by Crippen LogP contribution is 2.40. The average Bonchev–Trinajstić information content (AvgIpc) is 3.40. The maximum Gasteiger partial charge on any atom is 0.256 e. The lowest BCUT2D eigenvalue weighted by Crippen LogP contribution is -2.27. The van der Waals surface area contributed by atoms with E-state index in [0.717, 1.165) is 48.1 Å². The van der Waals surface area contributed by atoms with Gasteiger partial charge in [-0.2, -0.15) is 0 Å². The minimum atomic E-state index is -0.371. The summed E-state index contributed by atoms with van der Waals surface area (Å²) in [4.78, 5) is 27.3. The van der Waals surface area contributed by atoms with E-state index in [4.69, 9.17) is 27.9 Å². The van der Waals surface area contributed by atoms with E-state index in [9.17, 15) is 9.59 Å². The summed E-state index contributed by atoms with van der Waals surface area (Å²) in [7, 11) is 0. The van der Waals surface area contributed by atoms with E-state index in [1.54, 1.807) is 0 Å². The van der Waals surface area contributed by atoms with Gasteiger partial charge in [-0.05, 0) is 55.4 Å². The Morgan fingerprint density at radius 2 is 1.79 bits per heavy atom. The predicted molar refractivity (Wildman–Crippen MR) is 139 cm³/mol. The Kier molecular flexibility index (Phi) is 8.14. The van der Waals surface area contributed by atoms with E-state index in [1.165, 1.54) is 23.5 Å². The van der Waals surface area contributed by atoms with Gasteiger partial charge in [0.2, 0.25) is 0 Å². The molecule has 4 rings (SSSR count). The quantitative estimate of drug-likeness (QED) is 0.338. The number of benzene rings is 2. The Morgan fingerprint density at radius 3 is 2.50 bits per heavy atom. The highest BCUT2D eigenvalue weighted by Gasteiger charge is 2.28. The number of anilines is 1. The van der Waals surface area contributed by atoms with Gasteiger partial charge in [0.15, 0.2) is 5.75 Å². The number of ether oxygens (including phenoxy) is 1. The summed E-state index contributed by atoms with van der Waals surface area (Å²) >= 11 is 14.1. The predicted octanol–water partition coefficient (Wildman–Crippen LogP) is 6.56. The Morgan fingerprint density at radius 1 is 1.06 bits per heavy atom. The van der Waals surface area contributed by atoms with Crippen LogP contribution < -0.4 is 15.4 Å². The zero-order valence-corrected chi connectivity index (χ0v) is 21.2. The van der Waals surface area contributed by atoms with Crippen LogP contribution in [0.15, 0.2) is 42.5 Å². The molecule has 2 aromatic carbocycles. The van der Waals surface area contributed by atoms with Gasteiger partial charge in [0, 0.05) is 17.0 Å². The molecule has 34 heavy (non-hydrogen) atoms. The number of hydrogen-bond acceptors (Lipinski definition) is 4. The SMILES string of the molecule is CCCOc1c(Cl)cc(C(=O)Nc2sc3c(c2C(=O)NCCc2ccccc2)CCC3)cc1Cl. The molecular weight excluding hydrogens is 491 g/mol. The summed E-state index contributed by atoms with van der Waals surface area (Å²) in [6, 6.07) is 13.1. The molecule has 2 amide bonds. The van der Waals surface area contributed by atoms with E-state index < -0.39 is 0 Å². The molecule has 0 saturated heterocycles. The number of carbonyl (C=O) groups is 2. The molecule has 1 aliphatic carbocycles. The van der Waals surface area contributed by atoms with Crippen molar-refractivity contribution in [3.05, 3.63) is 79.6 Å². The molecule has 0 spiro atoms. The molecule has 178 valence electrons. The number of hydrogen-bond donors (Lipinski definition) is 2. The topological polar surface area (TPSA) is 67.4 Å². The molecule has 0 bridgehead atoms. The molecule has 5 nitrogen and oxygen atoms in total. The summed E-state index contributed by atoms with van der Waals surface area (Å²) in [5.74, 6) is -0.163. The standard InChI is InChI=1S/C26H26Cl2N2O3S/c1-2-13-33-23-19(27)14-17(15-20(23)28)24(31)30-26-22(18-9-6-10-21(18)34-26)25(32)29-12-11-16-7-4-3-5-8-16/h3-5,7-8,14-15H,2,6,9-13H2,1H3,(H,29,32)(H,30,31). The van der Waals surface area contributed by atoms with E-state index >= 15 is 0 Å². The summed E-state index contributed by atoms with van der Waals surface area (Å²) in [5, 5.41) is 7.06. The Bertz CT molecular complexity index is 1170. The van der Waals surface area contributed by atoms with Gasteiger partial charge in [-0.15, -0.1) is 11.3 Å². The van der Waals surface area contributed by atoms with Crippen LogP contribution in [0, 0.1) is 0 Å². The van der Waals surface area contributed by atoms with Crippen LogP contribution in [-0.4, -0.2) is 25.0 Å². The molecular formula is C26H26Cl2N2O3S. The van der Waals surface area contributed by atoms with Crippen molar-refractivity contribution >= 4 is 51.4 Å². The molecule has 1 heterocycles. The highest BCUT2D eigenvalue weighted by molar-refractivity contribution is 7.17. The van der Waals surface area contributed by atoms with Gasteiger partial charge >= 0.3 is 0 Å². The van der Waals surface area contributed by atoms with Gasteiger partial charge in [0.1, 0.15) is 5.00 Å². The van der Waals surface area contributed by atoms with Crippen LogP contribution in [0.3, 0.4) is 0 Å². The fraction of sp³-hybridized carbons (Fsp3) is 0.308. The maximum atomic E-state index is 13.1. The zero-order chi connectivity index (χ0) is 24.1. The molecule has 2 N–H and O–H groups in total. The summed E-state index contributed by atoms with van der Waals surface area (Å²) < 4.78 is 5.58. The van der Waals surface area contributed by atoms with Crippen LogP contribution in [0.4, 0.5) is 5.00 Å². The summed E-state index contributed by atoms with van der Waals surface area (Å²) in [5.41, 5.74) is 3.07. The molecule has 8 heteroatoms. The van der Waals surface area contributed by atoms with Crippen LogP contribution in [0.5, 0.6) is 5.75 Å². The smallest absolute Gasteiger partial charge is 0.256 e. The lowest BCUT2D eigenvalue weighted by molar-refractivity contribution is 0.0954. The minimum Gasteiger partial charge on any atom is -0.490 e. The van der Waals surface area contributed by atoms with E-state index in [2.05, 4.69) is 10.6 Å². The van der Waals surface area contributed by atoms with Crippen molar-refractivity contribution in [3.63, 3.8) is 0 Å². The second kappa shape index (κ2) is 11.3. The first-order valence-electron chi connectivity index (χ1n) is 11.4. The molecule has 1 aromatic heterocycles. The number of nitrogens with one attached hydrogen (secondary N) is 2. The normalized spacial score (nSPS) is 12.3. The van der Waals surface area contributed by atoms with Crippen molar-refractivity contribution in [2.75, 3.05) is 18.5 Å². The van der Waals surface area contributed by atoms with Gasteiger partial charge in [0.05, 0.1) is 22.2 Å². The van der Waals surface area contributed by atoms with E-state index in [1.807, 2.05) is 37.3 Å². The number of fused-ring (bicyclic) bond motifs is 1. The van der Waals surface area contributed by atoms with Gasteiger partial charge in [0.25, 0.3) is 11.8 Å². The fourth-order valence-corrected chi connectivity index (χ4v) is 5.87. The molecule has 0 fully saturated rings. The van der Waals surface area contributed by atoms with Gasteiger partial charge in [-0.3, -0.25) is 9.59 Å². The second-order valence-electron chi connectivity index (χ2n) is 8.12. The first-order chi connectivity index (χ1) is 16.5. The minimum absolute atomic E-state index is 0.162. The van der Waals surface area contributed by atoms with Crippen molar-refractivity contribution in [3.8, 4) is 5.75 Å². The molecule has 0 unspecified atom stereocenters. The number of rotatable bonds is 9. The van der Waals surface area contributed by atoms with Gasteiger partial charge < -0.3 is 15.4 Å². The summed E-state index contributed by atoms with van der Waals surface area (Å²) in [6.45, 7) is 2.98. The van der Waals surface area contributed by atoms with Crippen LogP contribution in [0.2, 0.25) is 10.0 Å².